The second kappa shape index (κ2) is 6.98. The zero-order chi connectivity index (χ0) is 19.1. The highest BCUT2D eigenvalue weighted by Gasteiger charge is 2.37. The fourth-order valence-corrected chi connectivity index (χ4v) is 4.34. The highest BCUT2D eigenvalue weighted by Crippen LogP contribution is 2.35. The Balaban J connectivity index is 1.47. The van der Waals surface area contributed by atoms with Crippen LogP contribution in [-0.2, 0) is 25.4 Å². The van der Waals surface area contributed by atoms with E-state index in [0.717, 1.165) is 30.3 Å². The molecule has 2 aromatic rings. The summed E-state index contributed by atoms with van der Waals surface area (Å²) in [6.45, 7) is 0.541. The summed E-state index contributed by atoms with van der Waals surface area (Å²) in [5.41, 5.74) is 0.0777. The Morgan fingerprint density at radius 1 is 1.11 bits per heavy atom. The van der Waals surface area contributed by atoms with E-state index in [1.807, 2.05) is 0 Å². The molecule has 146 valence electrons. The zero-order valence-corrected chi connectivity index (χ0v) is 16.1. The molecule has 0 spiro atoms. The number of hydrogen-bond donors (Lipinski definition) is 0. The van der Waals surface area contributed by atoms with Gasteiger partial charge in [0.2, 0.25) is 5.91 Å². The number of fused-ring (bicyclic) bond motifs is 1. The fourth-order valence-electron chi connectivity index (χ4n) is 4.34. The molecule has 27 heavy (non-hydrogen) atoms. The Kier molecular flexibility index (Phi) is 4.65. The van der Waals surface area contributed by atoms with E-state index in [1.165, 1.54) is 24.5 Å². The summed E-state index contributed by atoms with van der Waals surface area (Å²) < 4.78 is 4.25. The summed E-state index contributed by atoms with van der Waals surface area (Å²) in [6, 6.07) is 0.886. The molecule has 0 saturated heterocycles. The van der Waals surface area contributed by atoms with Crippen LogP contribution in [0.4, 0.5) is 0 Å². The van der Waals surface area contributed by atoms with Crippen molar-refractivity contribution in [2.75, 3.05) is 0 Å². The molecule has 8 heteroatoms. The fraction of sp³-hybridized carbons (Fsp3) is 0.684. The van der Waals surface area contributed by atoms with Gasteiger partial charge in [-0.25, -0.2) is 9.78 Å². The molecule has 0 aromatic carbocycles. The predicted octanol–water partition coefficient (Wildman–Crippen LogP) is 1.15. The highest BCUT2D eigenvalue weighted by molar-refractivity contribution is 5.77. The van der Waals surface area contributed by atoms with E-state index < -0.39 is 0 Å². The Labute approximate surface area is 157 Å². The maximum absolute atomic E-state index is 12.8. The third kappa shape index (κ3) is 3.21. The lowest BCUT2D eigenvalue weighted by Gasteiger charge is -2.29. The van der Waals surface area contributed by atoms with E-state index in [4.69, 9.17) is 0 Å². The van der Waals surface area contributed by atoms with Gasteiger partial charge in [-0.1, -0.05) is 12.8 Å². The van der Waals surface area contributed by atoms with Gasteiger partial charge in [0.05, 0.1) is 6.33 Å². The smallest absolute Gasteiger partial charge is 0.332 e. The molecule has 0 aliphatic heterocycles. The van der Waals surface area contributed by atoms with Crippen LogP contribution in [0.3, 0.4) is 0 Å². The van der Waals surface area contributed by atoms with Gasteiger partial charge in [0.25, 0.3) is 5.56 Å². The summed E-state index contributed by atoms with van der Waals surface area (Å²) in [5, 5.41) is 0. The van der Waals surface area contributed by atoms with Crippen molar-refractivity contribution >= 4 is 17.1 Å². The van der Waals surface area contributed by atoms with Crippen LogP contribution >= 0.6 is 0 Å². The first-order valence-electron chi connectivity index (χ1n) is 9.91. The van der Waals surface area contributed by atoms with Gasteiger partial charge in [-0.3, -0.25) is 18.7 Å². The summed E-state index contributed by atoms with van der Waals surface area (Å²) in [5.74, 6) is 0.245. The number of amides is 1. The van der Waals surface area contributed by atoms with Crippen LogP contribution in [0, 0.1) is 0 Å². The number of aryl methyl sites for hydroxylation is 2. The van der Waals surface area contributed by atoms with Crippen LogP contribution in [-0.4, -0.2) is 41.6 Å². The summed E-state index contributed by atoms with van der Waals surface area (Å²) in [7, 11) is 3.08. The first-order chi connectivity index (χ1) is 13.0. The lowest BCUT2D eigenvalue weighted by atomic mass is 10.1. The maximum Gasteiger partial charge on any atom is 0.332 e. The van der Waals surface area contributed by atoms with Gasteiger partial charge in [-0.2, -0.15) is 0 Å². The SMILES string of the molecule is Cn1c(=O)c2c(ncn2CCCC(=O)N(C2CCCC2)C2CC2)n(C)c1=O. The molecule has 1 amide bonds. The van der Waals surface area contributed by atoms with Gasteiger partial charge < -0.3 is 9.47 Å². The van der Waals surface area contributed by atoms with Crippen LogP contribution in [0.15, 0.2) is 15.9 Å². The Hall–Kier alpha value is -2.38. The normalized spacial score (nSPS) is 17.7. The second-order valence-corrected chi connectivity index (χ2v) is 7.89. The van der Waals surface area contributed by atoms with E-state index >= 15 is 0 Å². The monoisotopic (exact) mass is 373 g/mol. The lowest BCUT2D eigenvalue weighted by Crippen LogP contribution is -2.40. The molecule has 2 aliphatic carbocycles. The second-order valence-electron chi connectivity index (χ2n) is 7.89. The predicted molar refractivity (Wildman–Crippen MR) is 102 cm³/mol. The van der Waals surface area contributed by atoms with Gasteiger partial charge >= 0.3 is 5.69 Å². The average molecular weight is 373 g/mol. The van der Waals surface area contributed by atoms with E-state index in [2.05, 4.69) is 9.88 Å². The quantitative estimate of drug-likeness (QED) is 0.760. The molecule has 0 N–H and O–H groups in total. The molecule has 2 heterocycles. The van der Waals surface area contributed by atoms with Crippen molar-refractivity contribution in [3.8, 4) is 0 Å². The van der Waals surface area contributed by atoms with E-state index in [0.29, 0.717) is 42.6 Å². The standard InChI is InChI=1S/C19H27N5O3/c1-21-17-16(18(26)22(2)19(21)27)23(12-20-17)11-5-8-15(25)24(14-9-10-14)13-6-3-4-7-13/h12-14H,3-11H2,1-2H3. The zero-order valence-electron chi connectivity index (χ0n) is 16.1. The molecule has 2 aliphatic rings. The van der Waals surface area contributed by atoms with Crippen LogP contribution in [0.25, 0.3) is 11.2 Å². The van der Waals surface area contributed by atoms with Crippen molar-refractivity contribution in [2.24, 2.45) is 14.1 Å². The number of carbonyl (C=O) groups excluding carboxylic acids is 1. The molecule has 2 saturated carbocycles. The minimum absolute atomic E-state index is 0.245. The lowest BCUT2D eigenvalue weighted by molar-refractivity contribution is -0.134. The van der Waals surface area contributed by atoms with Gasteiger partial charge in [-0.15, -0.1) is 0 Å². The van der Waals surface area contributed by atoms with Crippen molar-refractivity contribution in [2.45, 2.75) is 70.0 Å². The molecular formula is C19H27N5O3. The number of carbonyl (C=O) groups is 1. The number of aromatic nitrogens is 4. The molecule has 0 atom stereocenters. The summed E-state index contributed by atoms with van der Waals surface area (Å²) in [6.07, 6.45) is 9.74. The average Bonchev–Trinajstić information content (AvgIpc) is 3.16. The molecular weight excluding hydrogens is 346 g/mol. The van der Waals surface area contributed by atoms with E-state index in [-0.39, 0.29) is 17.2 Å². The minimum atomic E-state index is -0.385. The number of imidazole rings is 1. The molecule has 8 nitrogen and oxygen atoms in total. The Bertz CT molecular complexity index is 976. The van der Waals surface area contributed by atoms with Crippen LogP contribution < -0.4 is 11.2 Å². The maximum atomic E-state index is 12.8. The molecule has 4 rings (SSSR count). The molecule has 0 radical (unpaired) electrons. The topological polar surface area (TPSA) is 82.1 Å². The third-order valence-corrected chi connectivity index (χ3v) is 5.95. The molecule has 0 bridgehead atoms. The first-order valence-corrected chi connectivity index (χ1v) is 9.91. The van der Waals surface area contributed by atoms with E-state index in [9.17, 15) is 14.4 Å². The Morgan fingerprint density at radius 3 is 2.44 bits per heavy atom. The van der Waals surface area contributed by atoms with Crippen LogP contribution in [0.5, 0.6) is 0 Å². The van der Waals surface area contributed by atoms with Gasteiger partial charge in [0.1, 0.15) is 0 Å². The third-order valence-electron chi connectivity index (χ3n) is 5.95. The number of nitrogens with zero attached hydrogens (tertiary/aromatic N) is 5. The molecule has 2 fully saturated rings. The van der Waals surface area contributed by atoms with Gasteiger partial charge in [-0.05, 0) is 32.1 Å². The molecule has 2 aromatic heterocycles. The molecule has 0 unspecified atom stereocenters. The summed E-state index contributed by atoms with van der Waals surface area (Å²) >= 11 is 0. The van der Waals surface area contributed by atoms with Crippen molar-refractivity contribution in [3.05, 3.63) is 27.2 Å². The summed E-state index contributed by atoms with van der Waals surface area (Å²) in [4.78, 5) is 43.7. The number of hydrogen-bond acceptors (Lipinski definition) is 4. The Morgan fingerprint density at radius 2 is 1.78 bits per heavy atom. The van der Waals surface area contributed by atoms with E-state index in [1.54, 1.807) is 17.9 Å². The minimum Gasteiger partial charge on any atom is -0.337 e. The van der Waals surface area contributed by atoms with Crippen LogP contribution in [0.2, 0.25) is 0 Å². The van der Waals surface area contributed by atoms with Crippen molar-refractivity contribution in [1.29, 1.82) is 0 Å². The highest BCUT2D eigenvalue weighted by atomic mass is 16.2. The van der Waals surface area contributed by atoms with Crippen LogP contribution in [0.1, 0.15) is 51.4 Å². The van der Waals surface area contributed by atoms with Crippen molar-refractivity contribution in [3.63, 3.8) is 0 Å². The van der Waals surface area contributed by atoms with Crippen molar-refractivity contribution < 1.29 is 4.79 Å². The largest absolute Gasteiger partial charge is 0.337 e. The van der Waals surface area contributed by atoms with Gasteiger partial charge in [0.15, 0.2) is 11.2 Å². The number of rotatable bonds is 6. The first kappa shape index (κ1) is 18.0. The van der Waals surface area contributed by atoms with Gasteiger partial charge in [0, 0.05) is 39.1 Å². The van der Waals surface area contributed by atoms with Crippen molar-refractivity contribution in [1.82, 2.24) is 23.6 Å².